The maximum atomic E-state index is 12.4. The van der Waals surface area contributed by atoms with Crippen LogP contribution in [0.5, 0.6) is 5.75 Å². The summed E-state index contributed by atoms with van der Waals surface area (Å²) in [5, 5.41) is 14.4. The van der Waals surface area contributed by atoms with Crippen LogP contribution in [0.3, 0.4) is 0 Å². The molecule has 0 aliphatic rings. The zero-order valence-electron chi connectivity index (χ0n) is 31.5. The summed E-state index contributed by atoms with van der Waals surface area (Å²) in [5.74, 6) is -1.80. The number of halogens is 3. The number of esters is 1. The fourth-order valence-electron chi connectivity index (χ4n) is 6.00. The number of pyridine rings is 1. The molecule has 5 aromatic rings. The van der Waals surface area contributed by atoms with E-state index in [2.05, 4.69) is 68.6 Å². The molecule has 283 valence electrons. The molecule has 0 spiro atoms. The van der Waals surface area contributed by atoms with Gasteiger partial charge in [-0.15, -0.1) is 34.9 Å². The maximum absolute atomic E-state index is 12.4. The summed E-state index contributed by atoms with van der Waals surface area (Å²) in [4.78, 5) is 25.8. The molecule has 4 aromatic carbocycles. The summed E-state index contributed by atoms with van der Waals surface area (Å²) in [6.45, 7) is 16.4. The van der Waals surface area contributed by atoms with E-state index in [1.807, 2.05) is 51.1 Å². The number of carbonyl (C=O) groups is 1. The molecule has 5 nitrogen and oxygen atoms in total. The van der Waals surface area contributed by atoms with Gasteiger partial charge in [0.1, 0.15) is 11.5 Å². The van der Waals surface area contributed by atoms with E-state index in [1.165, 1.54) is 12.1 Å². The van der Waals surface area contributed by atoms with Gasteiger partial charge in [0, 0.05) is 31.7 Å². The number of aryl methyl sites for hydroxylation is 2. The van der Waals surface area contributed by atoms with Gasteiger partial charge in [-0.1, -0.05) is 84.9 Å². The van der Waals surface area contributed by atoms with E-state index in [4.69, 9.17) is 0 Å². The number of rotatable bonds is 10. The maximum Gasteiger partial charge on any atom is 0.491 e. The third-order valence-corrected chi connectivity index (χ3v) is 10.4. The van der Waals surface area contributed by atoms with E-state index in [-0.39, 0.29) is 36.7 Å². The van der Waals surface area contributed by atoms with Gasteiger partial charge in [0.15, 0.2) is 0 Å². The van der Waals surface area contributed by atoms with Crippen molar-refractivity contribution in [3.8, 4) is 28.1 Å². The molecule has 2 N–H and O–H groups in total. The van der Waals surface area contributed by atoms with Crippen molar-refractivity contribution in [1.82, 2.24) is 4.98 Å². The van der Waals surface area contributed by atoms with Crippen LogP contribution in [-0.2, 0) is 24.9 Å². The van der Waals surface area contributed by atoms with E-state index in [0.29, 0.717) is 11.5 Å². The molecule has 0 saturated carbocycles. The molecule has 0 fully saturated rings. The Balaban J connectivity index is 0.000000359. The Kier molecular flexibility index (Phi) is 14.4. The number of aliphatic hydroxyl groups is 1. The van der Waals surface area contributed by atoms with Crippen LogP contribution in [0.2, 0.25) is 0 Å². The van der Waals surface area contributed by atoms with Crippen LogP contribution in [0.4, 0.5) is 13.2 Å². The van der Waals surface area contributed by atoms with Gasteiger partial charge in [-0.05, 0) is 95.2 Å². The van der Waals surface area contributed by atoms with Crippen molar-refractivity contribution in [2.45, 2.75) is 87.2 Å². The van der Waals surface area contributed by atoms with E-state index in [0.717, 1.165) is 80.7 Å². The number of ketones is 1. The molecule has 0 aliphatic carbocycles. The third kappa shape index (κ3) is 10.0. The number of fused-ring (bicyclic) bond motifs is 3. The SMILES string of the molecule is CCC(C)(CC)C(=[OH+])/C=C(\O)C(C)(CC)CC.Cc1[c-]c(-c2nccc3c2ccc2cc(-c4ccc(OC(=O)C(F)(F)F)cc4)ccc23)cc(C)c1.[Ir]. The molecular weight excluding hydrogens is 856 g/mol. The zero-order chi connectivity index (χ0) is 38.4. The van der Waals surface area contributed by atoms with E-state index >= 15 is 0 Å². The van der Waals surface area contributed by atoms with Crippen LogP contribution in [0.1, 0.15) is 78.4 Å². The Morgan fingerprint density at radius 3 is 1.96 bits per heavy atom. The average Bonchev–Trinajstić information content (AvgIpc) is 3.13. The summed E-state index contributed by atoms with van der Waals surface area (Å²) in [7, 11) is 0. The number of benzene rings is 4. The quantitative estimate of drug-likeness (QED) is 0.0288. The summed E-state index contributed by atoms with van der Waals surface area (Å²) in [6.07, 6.45) is 1.81. The normalized spacial score (nSPS) is 12.2. The van der Waals surface area contributed by atoms with Crippen molar-refractivity contribution < 1.29 is 52.7 Å². The molecule has 5 rings (SSSR count). The van der Waals surface area contributed by atoms with E-state index < -0.39 is 12.1 Å². The molecule has 9 heteroatoms. The molecule has 1 heterocycles. The van der Waals surface area contributed by atoms with Crippen LogP contribution in [0, 0.1) is 30.7 Å². The molecule has 1 radical (unpaired) electrons. The minimum Gasteiger partial charge on any atom is -0.511 e. The first-order valence-corrected chi connectivity index (χ1v) is 17.7. The molecule has 1 aromatic heterocycles. The monoisotopic (exact) mass is 904 g/mol. The molecule has 0 atom stereocenters. The Labute approximate surface area is 324 Å². The number of aliphatic hydroxyl groups excluding tert-OH is 1. The largest absolute Gasteiger partial charge is 0.511 e. The van der Waals surface area contributed by atoms with Gasteiger partial charge >= 0.3 is 17.9 Å². The van der Waals surface area contributed by atoms with Crippen molar-refractivity contribution in [2.24, 2.45) is 10.8 Å². The average molecular weight is 904 g/mol. The minimum atomic E-state index is -5.04. The second kappa shape index (κ2) is 17.7. The zero-order valence-corrected chi connectivity index (χ0v) is 33.9. The Morgan fingerprint density at radius 1 is 0.811 bits per heavy atom. The number of hydrogen-bond donors (Lipinski definition) is 1. The van der Waals surface area contributed by atoms with Gasteiger partial charge in [-0.3, -0.25) is 4.79 Å². The molecule has 0 bridgehead atoms. The van der Waals surface area contributed by atoms with Crippen LogP contribution in [0.15, 0.2) is 90.8 Å². The van der Waals surface area contributed by atoms with Crippen molar-refractivity contribution in [2.75, 3.05) is 0 Å². The van der Waals surface area contributed by atoms with Gasteiger partial charge in [-0.25, -0.2) is 4.79 Å². The number of hydrogen-bond acceptors (Lipinski definition) is 4. The van der Waals surface area contributed by atoms with Gasteiger partial charge in [0.05, 0.1) is 11.5 Å². The fourth-order valence-corrected chi connectivity index (χ4v) is 6.00. The molecular formula is C44H48F3IrNO4. The third-order valence-electron chi connectivity index (χ3n) is 10.4. The second-order valence-electron chi connectivity index (χ2n) is 13.9. The number of aromatic nitrogens is 1. The van der Waals surface area contributed by atoms with Gasteiger partial charge in [0.25, 0.3) is 0 Å². The number of carbonyl (C=O) groups excluding carboxylic acids is 2. The first-order chi connectivity index (χ1) is 24.5. The molecule has 53 heavy (non-hydrogen) atoms. The molecule has 0 amide bonds. The standard InChI is InChI=1S/C29H19F3NO2.C15H28O2.Ir/c1-17-13-18(2)15-22(14-17)27-26-10-6-21-16-20(5-9-24(21)25(26)11-12-33-27)19-3-7-23(8-4-19)35-28(34)29(30,31)32;1-7-14(5,8-2)12(16)11-13(17)15(6,9-3)10-4;/h3-14,16H,1-2H3;11,16H,7-10H2,1-6H3;/q-1;;/p+1/b;12-11-;. The first-order valence-electron chi connectivity index (χ1n) is 17.7. The van der Waals surface area contributed by atoms with E-state index in [9.17, 15) is 27.9 Å². The summed E-state index contributed by atoms with van der Waals surface area (Å²) >= 11 is 0. The fraction of sp³-hybridized carbons (Fsp3) is 0.341. The van der Waals surface area contributed by atoms with Crippen molar-refractivity contribution in [3.63, 3.8) is 0 Å². The Hall–Kier alpha value is -4.33. The number of ether oxygens (including phenoxy) is 1. The number of alkyl halides is 3. The van der Waals surface area contributed by atoms with Crippen LogP contribution in [-0.4, -0.2) is 32.8 Å². The first kappa shape index (κ1) is 43.1. The number of nitrogens with zero attached hydrogens (tertiary/aromatic N) is 1. The van der Waals surface area contributed by atoms with Crippen LogP contribution < -0.4 is 4.74 Å². The smallest absolute Gasteiger partial charge is 0.491 e. The van der Waals surface area contributed by atoms with Crippen molar-refractivity contribution in [3.05, 3.63) is 108 Å². The number of allylic oxidation sites excluding steroid dienone is 2. The summed E-state index contributed by atoms with van der Waals surface area (Å²) < 4.78 is 41.6. The van der Waals surface area contributed by atoms with Gasteiger partial charge < -0.3 is 14.8 Å². The molecule has 0 saturated heterocycles. The van der Waals surface area contributed by atoms with Gasteiger partial charge in [-0.2, -0.15) is 13.2 Å². The summed E-state index contributed by atoms with van der Waals surface area (Å²) in [5.41, 5.74) is 5.27. The van der Waals surface area contributed by atoms with Crippen LogP contribution >= 0.6 is 0 Å². The molecule has 0 aliphatic heterocycles. The van der Waals surface area contributed by atoms with Crippen molar-refractivity contribution in [1.29, 1.82) is 0 Å². The predicted molar refractivity (Wildman–Crippen MR) is 205 cm³/mol. The topological polar surface area (TPSA) is 80.8 Å². The second-order valence-corrected chi connectivity index (χ2v) is 13.9. The predicted octanol–water partition coefficient (Wildman–Crippen LogP) is 12.2. The minimum absolute atomic E-state index is 0. The van der Waals surface area contributed by atoms with Gasteiger partial charge in [0.2, 0.25) is 0 Å². The van der Waals surface area contributed by atoms with Crippen molar-refractivity contribution >= 4 is 33.3 Å². The summed E-state index contributed by atoms with van der Waals surface area (Å²) in [6, 6.07) is 25.6. The van der Waals surface area contributed by atoms with E-state index in [1.54, 1.807) is 24.4 Å². The van der Waals surface area contributed by atoms with Crippen LogP contribution in [0.25, 0.3) is 43.9 Å². The Bertz CT molecular complexity index is 2080. The Morgan fingerprint density at radius 2 is 1.40 bits per heavy atom. The molecule has 0 unspecified atom stereocenters.